The monoisotopic (exact) mass is 167 g/mol. The number of nitrogens with one attached hydrogen (secondary N) is 1. The van der Waals surface area contributed by atoms with E-state index in [4.69, 9.17) is 10.9 Å². The molecule has 0 saturated heterocycles. The SMILES string of the molecule is NNC(C(=O)O)c1ccccn1. The average Bonchev–Trinajstić information content (AvgIpc) is 2.07. The molecule has 5 heteroatoms. The highest BCUT2D eigenvalue weighted by atomic mass is 16.4. The Bertz CT molecular complexity index is 263. The molecule has 0 amide bonds. The zero-order valence-corrected chi connectivity index (χ0v) is 6.27. The van der Waals surface area contributed by atoms with Gasteiger partial charge in [0.15, 0.2) is 6.04 Å². The topological polar surface area (TPSA) is 88.2 Å². The standard InChI is InChI=1S/C7H9N3O2/c8-10-6(7(11)12)5-3-1-2-4-9-5/h1-4,6,10H,8H2,(H,11,12). The van der Waals surface area contributed by atoms with Crippen LogP contribution in [0.5, 0.6) is 0 Å². The fourth-order valence-corrected chi connectivity index (χ4v) is 0.830. The number of hydrazine groups is 1. The van der Waals surface area contributed by atoms with Gasteiger partial charge in [-0.2, -0.15) is 0 Å². The van der Waals surface area contributed by atoms with Gasteiger partial charge in [-0.1, -0.05) is 6.07 Å². The molecule has 1 atom stereocenters. The van der Waals surface area contributed by atoms with E-state index < -0.39 is 12.0 Å². The highest BCUT2D eigenvalue weighted by molar-refractivity contribution is 5.74. The Balaban J connectivity index is 2.88. The molecule has 1 aromatic rings. The maximum Gasteiger partial charge on any atom is 0.328 e. The highest BCUT2D eigenvalue weighted by Crippen LogP contribution is 2.07. The van der Waals surface area contributed by atoms with Crippen LogP contribution in [-0.2, 0) is 4.79 Å². The van der Waals surface area contributed by atoms with E-state index in [0.29, 0.717) is 5.69 Å². The number of rotatable bonds is 3. The summed E-state index contributed by atoms with van der Waals surface area (Å²) < 4.78 is 0. The first-order valence-corrected chi connectivity index (χ1v) is 3.35. The molecule has 0 bridgehead atoms. The number of aromatic nitrogens is 1. The summed E-state index contributed by atoms with van der Waals surface area (Å²) in [6, 6.07) is 4.07. The highest BCUT2D eigenvalue weighted by Gasteiger charge is 2.18. The lowest BCUT2D eigenvalue weighted by molar-refractivity contribution is -0.139. The molecule has 0 aromatic carbocycles. The molecular weight excluding hydrogens is 158 g/mol. The van der Waals surface area contributed by atoms with Crippen molar-refractivity contribution < 1.29 is 9.90 Å². The third-order valence-corrected chi connectivity index (χ3v) is 1.40. The Morgan fingerprint density at radius 3 is 2.83 bits per heavy atom. The Labute approximate surface area is 69.2 Å². The third-order valence-electron chi connectivity index (χ3n) is 1.40. The summed E-state index contributed by atoms with van der Waals surface area (Å²) in [5.74, 6) is 3.99. The molecule has 0 spiro atoms. The Morgan fingerprint density at radius 1 is 1.67 bits per heavy atom. The van der Waals surface area contributed by atoms with Crippen molar-refractivity contribution in [1.29, 1.82) is 0 Å². The van der Waals surface area contributed by atoms with Crippen LogP contribution in [-0.4, -0.2) is 16.1 Å². The summed E-state index contributed by atoms with van der Waals surface area (Å²) in [5, 5.41) is 8.64. The molecule has 1 aromatic heterocycles. The van der Waals surface area contributed by atoms with Gasteiger partial charge in [-0.3, -0.25) is 15.6 Å². The lowest BCUT2D eigenvalue weighted by atomic mass is 10.2. The quantitative estimate of drug-likeness (QED) is 0.423. The fourth-order valence-electron chi connectivity index (χ4n) is 0.830. The minimum absolute atomic E-state index is 0.396. The molecule has 0 fully saturated rings. The molecular formula is C7H9N3O2. The van der Waals surface area contributed by atoms with Crippen LogP contribution < -0.4 is 11.3 Å². The number of carboxylic acid groups (broad SMARTS) is 1. The number of nitrogens with zero attached hydrogens (tertiary/aromatic N) is 1. The van der Waals surface area contributed by atoms with Gasteiger partial charge in [0.2, 0.25) is 0 Å². The molecule has 1 unspecified atom stereocenters. The van der Waals surface area contributed by atoms with Crippen molar-refractivity contribution in [3.05, 3.63) is 30.1 Å². The lowest BCUT2D eigenvalue weighted by Gasteiger charge is -2.08. The van der Waals surface area contributed by atoms with E-state index in [1.807, 2.05) is 0 Å². The van der Waals surface area contributed by atoms with Gasteiger partial charge in [-0.05, 0) is 12.1 Å². The number of aliphatic carboxylic acids is 1. The van der Waals surface area contributed by atoms with E-state index in [-0.39, 0.29) is 0 Å². The molecule has 0 aliphatic rings. The Hall–Kier alpha value is -1.46. The predicted molar refractivity (Wildman–Crippen MR) is 41.9 cm³/mol. The van der Waals surface area contributed by atoms with Crippen LogP contribution in [0.3, 0.4) is 0 Å². The maximum absolute atomic E-state index is 10.5. The summed E-state index contributed by atoms with van der Waals surface area (Å²) in [5.41, 5.74) is 2.55. The van der Waals surface area contributed by atoms with E-state index in [1.54, 1.807) is 18.2 Å². The second-order valence-corrected chi connectivity index (χ2v) is 2.19. The first kappa shape index (κ1) is 8.63. The molecule has 5 nitrogen and oxygen atoms in total. The lowest BCUT2D eigenvalue weighted by Crippen LogP contribution is -2.34. The van der Waals surface area contributed by atoms with E-state index in [9.17, 15) is 4.79 Å². The molecule has 0 radical (unpaired) electrons. The largest absolute Gasteiger partial charge is 0.480 e. The zero-order chi connectivity index (χ0) is 8.97. The van der Waals surface area contributed by atoms with Crippen molar-refractivity contribution in [2.45, 2.75) is 6.04 Å². The van der Waals surface area contributed by atoms with E-state index in [2.05, 4.69) is 10.4 Å². The Morgan fingerprint density at radius 2 is 2.42 bits per heavy atom. The van der Waals surface area contributed by atoms with Gasteiger partial charge in [0.1, 0.15) is 0 Å². The smallest absolute Gasteiger partial charge is 0.328 e. The number of carbonyl (C=O) groups is 1. The number of hydrogen-bond donors (Lipinski definition) is 3. The van der Waals surface area contributed by atoms with E-state index in [1.165, 1.54) is 6.20 Å². The van der Waals surface area contributed by atoms with Crippen LogP contribution >= 0.6 is 0 Å². The van der Waals surface area contributed by atoms with Crippen LogP contribution in [0.1, 0.15) is 11.7 Å². The summed E-state index contributed by atoms with van der Waals surface area (Å²) in [4.78, 5) is 14.4. The van der Waals surface area contributed by atoms with Gasteiger partial charge < -0.3 is 5.11 Å². The Kier molecular flexibility index (Phi) is 2.73. The van der Waals surface area contributed by atoms with Crippen LogP contribution in [0, 0.1) is 0 Å². The van der Waals surface area contributed by atoms with Gasteiger partial charge >= 0.3 is 5.97 Å². The number of carboxylic acids is 1. The summed E-state index contributed by atoms with van der Waals surface area (Å²) in [7, 11) is 0. The fraction of sp³-hybridized carbons (Fsp3) is 0.143. The van der Waals surface area contributed by atoms with Gasteiger partial charge in [0.25, 0.3) is 0 Å². The van der Waals surface area contributed by atoms with Crippen LogP contribution in [0.25, 0.3) is 0 Å². The molecule has 64 valence electrons. The second kappa shape index (κ2) is 3.80. The first-order chi connectivity index (χ1) is 5.75. The zero-order valence-electron chi connectivity index (χ0n) is 6.27. The van der Waals surface area contributed by atoms with E-state index >= 15 is 0 Å². The molecule has 0 aliphatic carbocycles. The first-order valence-electron chi connectivity index (χ1n) is 3.35. The third kappa shape index (κ3) is 1.77. The van der Waals surface area contributed by atoms with Crippen molar-refractivity contribution in [3.63, 3.8) is 0 Å². The van der Waals surface area contributed by atoms with Crippen LogP contribution in [0.15, 0.2) is 24.4 Å². The van der Waals surface area contributed by atoms with Crippen molar-refractivity contribution in [2.24, 2.45) is 5.84 Å². The summed E-state index contributed by atoms with van der Waals surface area (Å²) in [6.07, 6.45) is 1.52. The minimum atomic E-state index is -1.05. The maximum atomic E-state index is 10.5. The van der Waals surface area contributed by atoms with Gasteiger partial charge in [0.05, 0.1) is 5.69 Å². The van der Waals surface area contributed by atoms with Crippen molar-refractivity contribution in [3.8, 4) is 0 Å². The number of pyridine rings is 1. The molecule has 12 heavy (non-hydrogen) atoms. The van der Waals surface area contributed by atoms with Gasteiger partial charge in [-0.25, -0.2) is 5.43 Å². The minimum Gasteiger partial charge on any atom is -0.480 e. The van der Waals surface area contributed by atoms with Crippen LogP contribution in [0.4, 0.5) is 0 Å². The predicted octanol–water partition coefficient (Wildman–Crippen LogP) is -0.329. The normalized spacial score (nSPS) is 12.4. The van der Waals surface area contributed by atoms with Gasteiger partial charge in [-0.15, -0.1) is 0 Å². The molecule has 0 aliphatic heterocycles. The number of nitrogens with two attached hydrogens (primary N) is 1. The number of hydrogen-bond acceptors (Lipinski definition) is 4. The summed E-state index contributed by atoms with van der Waals surface area (Å²) in [6.45, 7) is 0. The molecule has 1 rings (SSSR count). The summed E-state index contributed by atoms with van der Waals surface area (Å²) >= 11 is 0. The van der Waals surface area contributed by atoms with Gasteiger partial charge in [0, 0.05) is 6.20 Å². The second-order valence-electron chi connectivity index (χ2n) is 2.19. The molecule has 4 N–H and O–H groups in total. The van der Waals surface area contributed by atoms with Crippen LogP contribution in [0.2, 0.25) is 0 Å². The molecule has 0 saturated carbocycles. The van der Waals surface area contributed by atoms with Crippen molar-refractivity contribution in [1.82, 2.24) is 10.4 Å². The average molecular weight is 167 g/mol. The molecule has 1 heterocycles. The van der Waals surface area contributed by atoms with E-state index in [0.717, 1.165) is 0 Å². The van der Waals surface area contributed by atoms with Crippen molar-refractivity contribution >= 4 is 5.97 Å². The van der Waals surface area contributed by atoms with Crippen molar-refractivity contribution in [2.75, 3.05) is 0 Å².